The van der Waals surface area contributed by atoms with Crippen LogP contribution in [0.1, 0.15) is 35.1 Å². The summed E-state index contributed by atoms with van der Waals surface area (Å²) in [6.45, 7) is 3.95. The average Bonchev–Trinajstić information content (AvgIpc) is 3.04. The summed E-state index contributed by atoms with van der Waals surface area (Å²) >= 11 is 0. The van der Waals surface area contributed by atoms with Crippen molar-refractivity contribution in [2.24, 2.45) is 12.0 Å². The summed E-state index contributed by atoms with van der Waals surface area (Å²) in [6.07, 6.45) is 0.947. The van der Waals surface area contributed by atoms with Gasteiger partial charge in [-0.1, -0.05) is 47.1 Å². The van der Waals surface area contributed by atoms with Gasteiger partial charge in [-0.3, -0.25) is 4.90 Å². The minimum Gasteiger partial charge on any atom is -0.465 e. The lowest BCUT2D eigenvalue weighted by molar-refractivity contribution is 0.198. The summed E-state index contributed by atoms with van der Waals surface area (Å²) in [5.41, 5.74) is 5.36. The van der Waals surface area contributed by atoms with Gasteiger partial charge < -0.3 is 5.11 Å². The third kappa shape index (κ3) is 3.94. The molecule has 0 saturated carbocycles. The first kappa shape index (κ1) is 19.8. The van der Waals surface area contributed by atoms with E-state index in [9.17, 15) is 9.90 Å². The Balaban J connectivity index is 1.85. The lowest BCUT2D eigenvalue weighted by Gasteiger charge is -2.30. The van der Waals surface area contributed by atoms with Crippen molar-refractivity contribution in [2.75, 3.05) is 4.90 Å². The molecule has 1 amide bonds. The van der Waals surface area contributed by atoms with Crippen molar-refractivity contribution in [1.82, 2.24) is 20.2 Å². The second kappa shape index (κ2) is 8.06. The van der Waals surface area contributed by atoms with Crippen LogP contribution in [0, 0.1) is 13.8 Å². The van der Waals surface area contributed by atoms with Crippen LogP contribution in [0.3, 0.4) is 0 Å². The van der Waals surface area contributed by atoms with Crippen molar-refractivity contribution >= 4 is 23.4 Å². The van der Waals surface area contributed by atoms with Gasteiger partial charge in [-0.15, -0.1) is 5.10 Å². The van der Waals surface area contributed by atoms with E-state index in [-0.39, 0.29) is 12.0 Å². The van der Waals surface area contributed by atoms with Crippen molar-refractivity contribution in [3.8, 4) is 0 Å². The molecule has 1 aliphatic heterocycles. The molecule has 4 rings (SSSR count). The zero-order valence-corrected chi connectivity index (χ0v) is 17.3. The average molecular weight is 404 g/mol. The van der Waals surface area contributed by atoms with E-state index in [1.807, 2.05) is 56.3 Å². The van der Waals surface area contributed by atoms with Crippen LogP contribution in [0.15, 0.2) is 47.5 Å². The molecule has 30 heavy (non-hydrogen) atoms. The van der Waals surface area contributed by atoms with Crippen molar-refractivity contribution in [1.29, 1.82) is 0 Å². The van der Waals surface area contributed by atoms with E-state index >= 15 is 0 Å². The molecule has 1 N–H and O–H groups in total. The van der Waals surface area contributed by atoms with Gasteiger partial charge in [0.05, 0.1) is 18.4 Å². The van der Waals surface area contributed by atoms with Crippen molar-refractivity contribution in [3.63, 3.8) is 0 Å². The molecule has 0 aliphatic carbocycles. The number of benzene rings is 2. The number of amides is 1. The zero-order valence-electron chi connectivity index (χ0n) is 17.3. The second-order valence-corrected chi connectivity index (χ2v) is 7.65. The summed E-state index contributed by atoms with van der Waals surface area (Å²) in [4.78, 5) is 20.0. The number of anilines is 1. The summed E-state index contributed by atoms with van der Waals surface area (Å²) in [6, 6.07) is 13.8. The molecular weight excluding hydrogens is 380 g/mol. The molecule has 3 aromatic rings. The van der Waals surface area contributed by atoms with Gasteiger partial charge in [0.1, 0.15) is 0 Å². The van der Waals surface area contributed by atoms with Crippen molar-refractivity contribution in [3.05, 3.63) is 64.7 Å². The molecule has 8 nitrogen and oxygen atoms in total. The van der Waals surface area contributed by atoms with Crippen molar-refractivity contribution in [2.45, 2.75) is 39.2 Å². The van der Waals surface area contributed by atoms with Crippen LogP contribution in [0.4, 0.5) is 16.4 Å². The maximum absolute atomic E-state index is 12.4. The van der Waals surface area contributed by atoms with Crippen LogP contribution in [0.5, 0.6) is 0 Å². The minimum atomic E-state index is -0.956. The number of rotatable bonds is 3. The Kier molecular flexibility index (Phi) is 5.31. The largest absolute Gasteiger partial charge is 0.465 e. The van der Waals surface area contributed by atoms with Gasteiger partial charge in [0.2, 0.25) is 0 Å². The number of carbonyl (C=O) groups is 1. The fourth-order valence-electron chi connectivity index (χ4n) is 4.14. The Morgan fingerprint density at radius 3 is 2.67 bits per heavy atom. The Bertz CT molecular complexity index is 1110. The molecule has 0 fully saturated rings. The lowest BCUT2D eigenvalue weighted by atomic mass is 9.99. The highest BCUT2D eigenvalue weighted by Gasteiger charge is 2.33. The maximum Gasteiger partial charge on any atom is 0.412 e. The number of fused-ring (bicyclic) bond motifs is 1. The van der Waals surface area contributed by atoms with Crippen LogP contribution >= 0.6 is 0 Å². The van der Waals surface area contributed by atoms with Crippen LogP contribution in [-0.2, 0) is 13.5 Å². The second-order valence-electron chi connectivity index (χ2n) is 7.65. The van der Waals surface area contributed by atoms with Gasteiger partial charge in [-0.25, -0.2) is 9.79 Å². The van der Waals surface area contributed by atoms with Gasteiger partial charge in [0.25, 0.3) is 5.95 Å². The maximum atomic E-state index is 12.4. The SMILES string of the molecule is Cc1cc(C)c2c(c1)C(=Nc1nnn(C)n1)CCC(Cc1ccccc1)N2C(=O)O. The highest BCUT2D eigenvalue weighted by molar-refractivity contribution is 6.10. The summed E-state index contributed by atoms with van der Waals surface area (Å²) in [5, 5.41) is 22.2. The minimum absolute atomic E-state index is 0.201. The third-order valence-electron chi connectivity index (χ3n) is 5.33. The molecule has 2 heterocycles. The quantitative estimate of drug-likeness (QED) is 0.715. The fraction of sp³-hybridized carbons (Fsp3) is 0.318. The van der Waals surface area contributed by atoms with E-state index < -0.39 is 6.09 Å². The highest BCUT2D eigenvalue weighted by Crippen LogP contribution is 2.36. The first-order valence-electron chi connectivity index (χ1n) is 9.91. The molecule has 1 atom stereocenters. The smallest absolute Gasteiger partial charge is 0.412 e. The molecule has 0 radical (unpaired) electrons. The normalized spacial score (nSPS) is 17.6. The summed E-state index contributed by atoms with van der Waals surface area (Å²) in [5.74, 6) is 0.279. The number of carboxylic acid groups (broad SMARTS) is 1. The van der Waals surface area contributed by atoms with E-state index in [4.69, 9.17) is 0 Å². The van der Waals surface area contributed by atoms with Gasteiger partial charge in [0, 0.05) is 11.6 Å². The van der Waals surface area contributed by atoms with Crippen molar-refractivity contribution < 1.29 is 9.90 Å². The third-order valence-corrected chi connectivity index (χ3v) is 5.33. The molecule has 2 aromatic carbocycles. The summed E-state index contributed by atoms with van der Waals surface area (Å²) in [7, 11) is 1.69. The number of aromatic nitrogens is 4. The standard InChI is InChI=1S/C22H24N6O2/c1-14-11-15(2)20-18(12-14)19(23-21-24-26-27(3)25-21)10-9-17(28(20)22(29)30)13-16-7-5-4-6-8-16/h4-8,11-12,17H,9-10,13H2,1-3H3,(H,29,30). The molecule has 1 aromatic heterocycles. The fourth-order valence-corrected chi connectivity index (χ4v) is 4.14. The number of nitrogens with zero attached hydrogens (tertiary/aromatic N) is 6. The molecule has 1 aliphatic rings. The van der Waals surface area contributed by atoms with Gasteiger partial charge in [-0.05, 0) is 55.5 Å². The number of hydrogen-bond donors (Lipinski definition) is 1. The first-order chi connectivity index (χ1) is 14.4. The van der Waals surface area contributed by atoms with Gasteiger partial charge >= 0.3 is 6.09 Å². The number of hydrogen-bond acceptors (Lipinski definition) is 5. The van der Waals surface area contributed by atoms with Crippen LogP contribution < -0.4 is 4.90 Å². The molecule has 0 bridgehead atoms. The van der Waals surface area contributed by atoms with E-state index in [2.05, 4.69) is 20.4 Å². The van der Waals surface area contributed by atoms with E-state index in [1.54, 1.807) is 7.05 Å². The van der Waals surface area contributed by atoms with E-state index in [0.29, 0.717) is 24.9 Å². The number of aryl methyl sites for hydroxylation is 3. The molecule has 0 saturated heterocycles. The monoisotopic (exact) mass is 404 g/mol. The number of tetrazole rings is 1. The highest BCUT2D eigenvalue weighted by atomic mass is 16.4. The van der Waals surface area contributed by atoms with Gasteiger partial charge in [0.15, 0.2) is 0 Å². The Morgan fingerprint density at radius 1 is 1.23 bits per heavy atom. The molecular formula is C22H24N6O2. The molecule has 8 heteroatoms. The Labute approximate surface area is 174 Å². The van der Waals surface area contributed by atoms with Crippen LogP contribution in [-0.4, -0.2) is 43.2 Å². The van der Waals surface area contributed by atoms with Crippen LogP contribution in [0.25, 0.3) is 0 Å². The molecule has 0 spiro atoms. The van der Waals surface area contributed by atoms with E-state index in [1.165, 1.54) is 9.70 Å². The number of aliphatic imine (C=N–C) groups is 1. The Morgan fingerprint density at radius 2 is 2.00 bits per heavy atom. The lowest BCUT2D eigenvalue weighted by Crippen LogP contribution is -2.41. The zero-order chi connectivity index (χ0) is 21.3. The van der Waals surface area contributed by atoms with Crippen LogP contribution in [0.2, 0.25) is 0 Å². The summed E-state index contributed by atoms with van der Waals surface area (Å²) < 4.78 is 0. The topological polar surface area (TPSA) is 96.5 Å². The Hall–Kier alpha value is -3.55. The predicted octanol–water partition coefficient (Wildman–Crippen LogP) is 3.84. The van der Waals surface area contributed by atoms with E-state index in [0.717, 1.165) is 28.0 Å². The molecule has 1 unspecified atom stereocenters. The predicted molar refractivity (Wildman–Crippen MR) is 115 cm³/mol. The van der Waals surface area contributed by atoms with Gasteiger partial charge in [-0.2, -0.15) is 4.80 Å². The molecule has 154 valence electrons. The first-order valence-corrected chi connectivity index (χ1v) is 9.91.